The van der Waals surface area contributed by atoms with Crippen LogP contribution in [0.15, 0.2) is 53.7 Å². The second-order valence-corrected chi connectivity index (χ2v) is 5.72. The van der Waals surface area contributed by atoms with Gasteiger partial charge in [-0.2, -0.15) is 0 Å². The van der Waals surface area contributed by atoms with Crippen molar-refractivity contribution in [3.8, 4) is 5.75 Å². The average Bonchev–Trinajstić information content (AvgIpc) is 2.84. The lowest BCUT2D eigenvalue weighted by Crippen LogP contribution is -2.27. The Kier molecular flexibility index (Phi) is 4.43. The number of rotatable bonds is 4. The van der Waals surface area contributed by atoms with Crippen LogP contribution in [0.1, 0.15) is 12.5 Å². The summed E-state index contributed by atoms with van der Waals surface area (Å²) in [5.41, 5.74) is 1.32. The van der Waals surface area contributed by atoms with Crippen LogP contribution in [0.5, 0.6) is 5.75 Å². The Morgan fingerprint density at radius 1 is 1.22 bits per heavy atom. The quantitative estimate of drug-likeness (QED) is 0.801. The molecule has 1 aliphatic heterocycles. The van der Waals surface area contributed by atoms with E-state index in [1.807, 2.05) is 13.0 Å². The molecule has 2 amide bonds. The predicted molar refractivity (Wildman–Crippen MR) is 90.3 cm³/mol. The molecule has 5 nitrogen and oxygen atoms in total. The van der Waals surface area contributed by atoms with Gasteiger partial charge in [-0.15, -0.1) is 0 Å². The molecular formula is C17H14N2O3S. The highest BCUT2D eigenvalue weighted by Gasteiger charge is 2.36. The van der Waals surface area contributed by atoms with Crippen LogP contribution in [0.2, 0.25) is 0 Å². The number of pyridine rings is 1. The van der Waals surface area contributed by atoms with Crippen LogP contribution in [-0.4, -0.2) is 22.7 Å². The van der Waals surface area contributed by atoms with Gasteiger partial charge >= 0.3 is 0 Å². The van der Waals surface area contributed by atoms with Crippen molar-refractivity contribution in [1.82, 2.24) is 4.98 Å². The Hall–Kier alpha value is -2.60. The molecule has 0 atom stereocenters. The van der Waals surface area contributed by atoms with Crippen LogP contribution in [0.25, 0.3) is 6.08 Å². The molecule has 0 bridgehead atoms. The molecule has 1 saturated heterocycles. The zero-order chi connectivity index (χ0) is 16.2. The van der Waals surface area contributed by atoms with Gasteiger partial charge in [0.25, 0.3) is 11.1 Å². The normalized spacial score (nSPS) is 16.2. The molecule has 6 heteroatoms. The number of carbonyl (C=O) groups is 2. The zero-order valence-corrected chi connectivity index (χ0v) is 13.2. The standard InChI is InChI=1S/C17H14N2O3S/c1-2-22-14-7-5-13(6-8-14)19-16(20)15(23-17(19)21)10-12-4-3-9-18-11-12/h3-11H,2H2,1H3. The van der Waals surface area contributed by atoms with Crippen molar-refractivity contribution in [1.29, 1.82) is 0 Å². The summed E-state index contributed by atoms with van der Waals surface area (Å²) in [6.07, 6.45) is 4.97. The van der Waals surface area contributed by atoms with E-state index in [0.29, 0.717) is 22.9 Å². The summed E-state index contributed by atoms with van der Waals surface area (Å²) in [7, 11) is 0. The molecule has 0 saturated carbocycles. The van der Waals surface area contributed by atoms with Crippen molar-refractivity contribution in [2.45, 2.75) is 6.92 Å². The third kappa shape index (κ3) is 3.27. The van der Waals surface area contributed by atoms with E-state index in [1.165, 1.54) is 4.90 Å². The first-order chi connectivity index (χ1) is 11.2. The van der Waals surface area contributed by atoms with Gasteiger partial charge in [-0.25, -0.2) is 4.90 Å². The maximum atomic E-state index is 12.5. The van der Waals surface area contributed by atoms with E-state index in [4.69, 9.17) is 4.74 Å². The fourth-order valence-corrected chi connectivity index (χ4v) is 3.00. The highest BCUT2D eigenvalue weighted by molar-refractivity contribution is 8.19. The fourth-order valence-electron chi connectivity index (χ4n) is 2.16. The van der Waals surface area contributed by atoms with Crippen LogP contribution in [0.4, 0.5) is 10.5 Å². The number of benzene rings is 1. The molecule has 2 heterocycles. The molecule has 0 aliphatic carbocycles. The highest BCUT2D eigenvalue weighted by Crippen LogP contribution is 2.36. The third-order valence-corrected chi connectivity index (χ3v) is 4.05. The van der Waals surface area contributed by atoms with Crippen molar-refractivity contribution in [3.63, 3.8) is 0 Å². The summed E-state index contributed by atoms with van der Waals surface area (Å²) in [4.78, 5) is 30.2. The lowest BCUT2D eigenvalue weighted by molar-refractivity contribution is -0.113. The van der Waals surface area contributed by atoms with Crippen LogP contribution in [0, 0.1) is 0 Å². The minimum Gasteiger partial charge on any atom is -0.494 e. The van der Waals surface area contributed by atoms with Gasteiger partial charge in [0.05, 0.1) is 17.2 Å². The molecule has 2 aromatic rings. The number of carbonyl (C=O) groups excluding carboxylic acids is 2. The molecule has 1 fully saturated rings. The summed E-state index contributed by atoms with van der Waals surface area (Å²) in [6, 6.07) is 10.5. The van der Waals surface area contributed by atoms with Gasteiger partial charge in [-0.3, -0.25) is 14.6 Å². The minimum atomic E-state index is -0.326. The lowest BCUT2D eigenvalue weighted by atomic mass is 10.2. The van der Waals surface area contributed by atoms with Crippen molar-refractivity contribution in [2.24, 2.45) is 0 Å². The molecule has 1 aromatic carbocycles. The topological polar surface area (TPSA) is 59.5 Å². The third-order valence-electron chi connectivity index (χ3n) is 3.18. The number of anilines is 1. The first-order valence-electron chi connectivity index (χ1n) is 7.10. The Balaban J connectivity index is 1.85. The second-order valence-electron chi connectivity index (χ2n) is 4.73. The SMILES string of the molecule is CCOc1ccc(N2C(=O)SC(=Cc3cccnc3)C2=O)cc1. The van der Waals surface area contributed by atoms with Crippen LogP contribution in [-0.2, 0) is 4.79 Å². The Bertz CT molecular complexity index is 757. The molecule has 1 aliphatic rings. The van der Waals surface area contributed by atoms with Gasteiger partial charge in [0, 0.05) is 12.4 Å². The van der Waals surface area contributed by atoms with Crippen molar-refractivity contribution in [3.05, 3.63) is 59.3 Å². The second kappa shape index (κ2) is 6.66. The van der Waals surface area contributed by atoms with Crippen LogP contribution in [0.3, 0.4) is 0 Å². The van der Waals surface area contributed by atoms with Gasteiger partial charge in [0.15, 0.2) is 0 Å². The van der Waals surface area contributed by atoms with E-state index in [0.717, 1.165) is 17.3 Å². The van der Waals surface area contributed by atoms with E-state index < -0.39 is 0 Å². The Labute approximate surface area is 138 Å². The highest BCUT2D eigenvalue weighted by atomic mass is 32.2. The molecule has 1 aromatic heterocycles. The summed E-state index contributed by atoms with van der Waals surface area (Å²) in [6.45, 7) is 2.46. The van der Waals surface area contributed by atoms with Gasteiger partial charge < -0.3 is 4.74 Å². The van der Waals surface area contributed by atoms with Gasteiger partial charge in [0.1, 0.15) is 5.75 Å². The van der Waals surface area contributed by atoms with Gasteiger partial charge in [-0.05, 0) is 60.7 Å². The summed E-state index contributed by atoms with van der Waals surface area (Å²) in [5, 5.41) is -0.311. The molecule has 0 radical (unpaired) electrons. The molecule has 3 rings (SSSR count). The smallest absolute Gasteiger partial charge is 0.298 e. The fraction of sp³-hybridized carbons (Fsp3) is 0.118. The average molecular weight is 326 g/mol. The minimum absolute atomic E-state index is 0.311. The number of hydrogen-bond donors (Lipinski definition) is 0. The largest absolute Gasteiger partial charge is 0.494 e. The maximum Gasteiger partial charge on any atom is 0.298 e. The van der Waals surface area contributed by atoms with E-state index in [-0.39, 0.29) is 11.1 Å². The van der Waals surface area contributed by atoms with E-state index in [9.17, 15) is 9.59 Å². The van der Waals surface area contributed by atoms with Crippen LogP contribution < -0.4 is 9.64 Å². The number of amides is 2. The van der Waals surface area contributed by atoms with E-state index in [1.54, 1.807) is 48.8 Å². The summed E-state index contributed by atoms with van der Waals surface area (Å²) < 4.78 is 5.37. The summed E-state index contributed by atoms with van der Waals surface area (Å²) >= 11 is 0.925. The van der Waals surface area contributed by atoms with Gasteiger partial charge in [0.2, 0.25) is 0 Å². The van der Waals surface area contributed by atoms with Crippen molar-refractivity contribution < 1.29 is 14.3 Å². The first-order valence-corrected chi connectivity index (χ1v) is 7.91. The molecule has 116 valence electrons. The molecule has 23 heavy (non-hydrogen) atoms. The number of aromatic nitrogens is 1. The molecular weight excluding hydrogens is 312 g/mol. The number of nitrogens with zero attached hydrogens (tertiary/aromatic N) is 2. The Morgan fingerprint density at radius 2 is 2.00 bits per heavy atom. The Morgan fingerprint density at radius 3 is 2.65 bits per heavy atom. The van der Waals surface area contributed by atoms with Crippen molar-refractivity contribution in [2.75, 3.05) is 11.5 Å². The lowest BCUT2D eigenvalue weighted by Gasteiger charge is -2.13. The van der Waals surface area contributed by atoms with E-state index >= 15 is 0 Å². The first kappa shape index (κ1) is 15.3. The van der Waals surface area contributed by atoms with Crippen LogP contribution >= 0.6 is 11.8 Å². The number of ether oxygens (including phenoxy) is 1. The molecule has 0 unspecified atom stereocenters. The van der Waals surface area contributed by atoms with Crippen molar-refractivity contribution >= 4 is 34.7 Å². The van der Waals surface area contributed by atoms with E-state index in [2.05, 4.69) is 4.98 Å². The molecule has 0 N–H and O–H groups in total. The number of hydrogen-bond acceptors (Lipinski definition) is 5. The van der Waals surface area contributed by atoms with Gasteiger partial charge in [-0.1, -0.05) is 6.07 Å². The molecule has 0 spiro atoms. The zero-order valence-electron chi connectivity index (χ0n) is 12.4. The predicted octanol–water partition coefficient (Wildman–Crippen LogP) is 3.72. The monoisotopic (exact) mass is 326 g/mol. The number of thioether (sulfide) groups is 1. The maximum absolute atomic E-state index is 12.5. The number of imide groups is 1. The summed E-state index contributed by atoms with van der Waals surface area (Å²) in [5.74, 6) is 0.377.